The molecule has 0 bridgehead atoms. The van der Waals surface area contributed by atoms with Crippen molar-refractivity contribution < 1.29 is 9.90 Å². The first kappa shape index (κ1) is 13.8. The average Bonchev–Trinajstić information content (AvgIpc) is 2.80. The van der Waals surface area contributed by atoms with Crippen LogP contribution in [0.5, 0.6) is 0 Å². The molecule has 0 spiro atoms. The Kier molecular flexibility index (Phi) is 4.37. The quantitative estimate of drug-likeness (QED) is 0.860. The van der Waals surface area contributed by atoms with E-state index in [1.54, 1.807) is 17.2 Å². The molecule has 2 unspecified atom stereocenters. The zero-order chi connectivity index (χ0) is 13.8. The Balaban J connectivity index is 2.11. The highest BCUT2D eigenvalue weighted by Crippen LogP contribution is 2.25. The summed E-state index contributed by atoms with van der Waals surface area (Å²) in [6, 6.07) is 3.51. The molecule has 1 saturated heterocycles. The van der Waals surface area contributed by atoms with Crippen LogP contribution in [0.2, 0.25) is 0 Å². The standard InChI is InChI=1S/C14H21N3O2/c1-3-15-11-4-5-12(16-8-11)14(19)17-7-6-10(2)13(17)9-18/h4-5,8,10,13,15,18H,3,6-7,9H2,1-2H3. The van der Waals surface area contributed by atoms with E-state index in [-0.39, 0.29) is 18.6 Å². The van der Waals surface area contributed by atoms with E-state index in [9.17, 15) is 9.90 Å². The predicted octanol–water partition coefficient (Wildman–Crippen LogP) is 1.36. The number of carbonyl (C=O) groups is 1. The first-order valence-electron chi connectivity index (χ1n) is 6.79. The third kappa shape index (κ3) is 2.87. The Labute approximate surface area is 113 Å². The summed E-state index contributed by atoms with van der Waals surface area (Å²) < 4.78 is 0. The lowest BCUT2D eigenvalue weighted by molar-refractivity contribution is 0.0642. The molecule has 0 radical (unpaired) electrons. The van der Waals surface area contributed by atoms with Crippen LogP contribution in [-0.2, 0) is 0 Å². The van der Waals surface area contributed by atoms with Crippen LogP contribution in [0, 0.1) is 5.92 Å². The van der Waals surface area contributed by atoms with Crippen LogP contribution in [0.4, 0.5) is 5.69 Å². The van der Waals surface area contributed by atoms with Gasteiger partial charge in [0.1, 0.15) is 5.69 Å². The minimum atomic E-state index is -0.0913. The first-order chi connectivity index (χ1) is 9.17. The number of nitrogens with zero attached hydrogens (tertiary/aromatic N) is 2. The normalized spacial score (nSPS) is 22.6. The molecule has 1 amide bonds. The molecule has 2 atom stereocenters. The third-order valence-corrected chi connectivity index (χ3v) is 3.69. The average molecular weight is 263 g/mol. The lowest BCUT2D eigenvalue weighted by Crippen LogP contribution is -2.40. The number of rotatable bonds is 4. The number of likely N-dealkylation sites (tertiary alicyclic amines) is 1. The molecule has 1 fully saturated rings. The van der Waals surface area contributed by atoms with Crippen LogP contribution in [0.15, 0.2) is 18.3 Å². The molecule has 5 heteroatoms. The highest BCUT2D eigenvalue weighted by molar-refractivity contribution is 5.93. The molecule has 104 valence electrons. The van der Waals surface area contributed by atoms with Crippen LogP contribution in [0.3, 0.4) is 0 Å². The van der Waals surface area contributed by atoms with Crippen molar-refractivity contribution in [3.63, 3.8) is 0 Å². The number of aliphatic hydroxyl groups is 1. The van der Waals surface area contributed by atoms with Crippen LogP contribution in [0.25, 0.3) is 0 Å². The van der Waals surface area contributed by atoms with E-state index in [4.69, 9.17) is 0 Å². The number of amides is 1. The van der Waals surface area contributed by atoms with Crippen molar-refractivity contribution in [1.29, 1.82) is 0 Å². The maximum Gasteiger partial charge on any atom is 0.272 e. The van der Waals surface area contributed by atoms with E-state index in [1.165, 1.54) is 0 Å². The van der Waals surface area contributed by atoms with E-state index in [0.717, 1.165) is 18.7 Å². The van der Waals surface area contributed by atoms with Gasteiger partial charge in [-0.05, 0) is 31.4 Å². The van der Waals surface area contributed by atoms with Gasteiger partial charge in [-0.3, -0.25) is 4.79 Å². The highest BCUT2D eigenvalue weighted by atomic mass is 16.3. The van der Waals surface area contributed by atoms with Crippen LogP contribution >= 0.6 is 0 Å². The minimum Gasteiger partial charge on any atom is -0.394 e. The molecule has 2 heterocycles. The number of hydrogen-bond donors (Lipinski definition) is 2. The second-order valence-electron chi connectivity index (χ2n) is 4.98. The van der Waals surface area contributed by atoms with Crippen LogP contribution in [-0.4, -0.2) is 46.6 Å². The Bertz CT molecular complexity index is 433. The van der Waals surface area contributed by atoms with Gasteiger partial charge in [0, 0.05) is 13.1 Å². The number of aliphatic hydroxyl groups excluding tert-OH is 1. The minimum absolute atomic E-state index is 0.0163. The molecule has 0 aliphatic carbocycles. The Morgan fingerprint density at radius 1 is 1.58 bits per heavy atom. The maximum atomic E-state index is 12.4. The fraction of sp³-hybridized carbons (Fsp3) is 0.571. The lowest BCUT2D eigenvalue weighted by Gasteiger charge is -2.24. The summed E-state index contributed by atoms with van der Waals surface area (Å²) in [5.74, 6) is 0.251. The van der Waals surface area contributed by atoms with Gasteiger partial charge in [-0.1, -0.05) is 6.92 Å². The van der Waals surface area contributed by atoms with E-state index in [0.29, 0.717) is 18.2 Å². The van der Waals surface area contributed by atoms with Gasteiger partial charge >= 0.3 is 0 Å². The molecule has 2 N–H and O–H groups in total. The van der Waals surface area contributed by atoms with Crippen LogP contribution < -0.4 is 5.32 Å². The zero-order valence-electron chi connectivity index (χ0n) is 11.5. The highest BCUT2D eigenvalue weighted by Gasteiger charge is 2.34. The number of nitrogens with one attached hydrogen (secondary N) is 1. The summed E-state index contributed by atoms with van der Waals surface area (Å²) in [4.78, 5) is 18.3. The van der Waals surface area contributed by atoms with Gasteiger partial charge < -0.3 is 15.3 Å². The summed E-state index contributed by atoms with van der Waals surface area (Å²) in [5.41, 5.74) is 1.35. The molecule has 19 heavy (non-hydrogen) atoms. The van der Waals surface area contributed by atoms with Crippen molar-refractivity contribution in [2.24, 2.45) is 5.92 Å². The number of hydrogen-bond acceptors (Lipinski definition) is 4. The number of anilines is 1. The predicted molar refractivity (Wildman–Crippen MR) is 74.1 cm³/mol. The van der Waals surface area contributed by atoms with Gasteiger partial charge in [-0.25, -0.2) is 4.98 Å². The summed E-state index contributed by atoms with van der Waals surface area (Å²) >= 11 is 0. The van der Waals surface area contributed by atoms with E-state index < -0.39 is 0 Å². The van der Waals surface area contributed by atoms with E-state index >= 15 is 0 Å². The molecule has 0 aromatic carbocycles. The van der Waals surface area contributed by atoms with Gasteiger partial charge in [0.25, 0.3) is 5.91 Å². The smallest absolute Gasteiger partial charge is 0.272 e. The second kappa shape index (κ2) is 6.02. The molecular weight excluding hydrogens is 242 g/mol. The van der Waals surface area contributed by atoms with E-state index in [2.05, 4.69) is 17.2 Å². The van der Waals surface area contributed by atoms with Crippen molar-refractivity contribution in [2.45, 2.75) is 26.3 Å². The molecule has 0 saturated carbocycles. The maximum absolute atomic E-state index is 12.4. The molecule has 1 aromatic rings. The van der Waals surface area contributed by atoms with Crippen molar-refractivity contribution in [3.8, 4) is 0 Å². The van der Waals surface area contributed by atoms with Crippen LogP contribution in [0.1, 0.15) is 30.8 Å². The summed E-state index contributed by atoms with van der Waals surface area (Å²) in [6.07, 6.45) is 2.61. The fourth-order valence-corrected chi connectivity index (χ4v) is 2.51. The van der Waals surface area contributed by atoms with Crippen molar-refractivity contribution in [3.05, 3.63) is 24.0 Å². The second-order valence-corrected chi connectivity index (χ2v) is 4.98. The number of aromatic nitrogens is 1. The summed E-state index contributed by atoms with van der Waals surface area (Å²) in [6.45, 7) is 5.61. The summed E-state index contributed by atoms with van der Waals surface area (Å²) in [7, 11) is 0. The largest absolute Gasteiger partial charge is 0.394 e. The number of pyridine rings is 1. The zero-order valence-corrected chi connectivity index (χ0v) is 11.5. The summed E-state index contributed by atoms with van der Waals surface area (Å²) in [5, 5.41) is 12.5. The van der Waals surface area contributed by atoms with Gasteiger partial charge in [0.15, 0.2) is 0 Å². The Morgan fingerprint density at radius 2 is 2.37 bits per heavy atom. The van der Waals surface area contributed by atoms with Crippen molar-refractivity contribution >= 4 is 11.6 Å². The monoisotopic (exact) mass is 263 g/mol. The number of carbonyl (C=O) groups excluding carboxylic acids is 1. The molecule has 1 aliphatic heterocycles. The Morgan fingerprint density at radius 3 is 2.95 bits per heavy atom. The molecule has 1 aromatic heterocycles. The van der Waals surface area contributed by atoms with E-state index in [1.807, 2.05) is 13.0 Å². The lowest BCUT2D eigenvalue weighted by atomic mass is 10.0. The third-order valence-electron chi connectivity index (χ3n) is 3.69. The molecule has 5 nitrogen and oxygen atoms in total. The topological polar surface area (TPSA) is 65.5 Å². The Hall–Kier alpha value is -1.62. The van der Waals surface area contributed by atoms with Gasteiger partial charge in [0.05, 0.1) is 24.5 Å². The van der Waals surface area contributed by atoms with Gasteiger partial charge in [-0.2, -0.15) is 0 Å². The first-order valence-corrected chi connectivity index (χ1v) is 6.79. The van der Waals surface area contributed by atoms with Crippen molar-refractivity contribution in [2.75, 3.05) is 25.0 Å². The SMILES string of the molecule is CCNc1ccc(C(=O)N2CCC(C)C2CO)nc1. The molecule has 2 rings (SSSR count). The van der Waals surface area contributed by atoms with Gasteiger partial charge in [-0.15, -0.1) is 0 Å². The fourth-order valence-electron chi connectivity index (χ4n) is 2.51. The molecule has 1 aliphatic rings. The van der Waals surface area contributed by atoms with Gasteiger partial charge in [0.2, 0.25) is 0 Å². The molecular formula is C14H21N3O2. The van der Waals surface area contributed by atoms with Crippen molar-refractivity contribution in [1.82, 2.24) is 9.88 Å².